The van der Waals surface area contributed by atoms with Gasteiger partial charge in [-0.15, -0.1) is 0 Å². The first kappa shape index (κ1) is 25.5. The van der Waals surface area contributed by atoms with Crippen molar-refractivity contribution in [1.29, 1.82) is 5.26 Å². The number of Topliss-reactive ketones (excluding diaryl/α,β-unsaturated/α-hetero) is 1. The van der Waals surface area contributed by atoms with E-state index in [4.69, 9.17) is 0 Å². The highest BCUT2D eigenvalue weighted by Crippen LogP contribution is 2.30. The Hall–Kier alpha value is -2.72. The zero-order valence-corrected chi connectivity index (χ0v) is 19.9. The molecule has 1 saturated heterocycles. The molecule has 0 aromatic heterocycles. The molecule has 0 saturated carbocycles. The third-order valence-electron chi connectivity index (χ3n) is 5.77. The predicted molar refractivity (Wildman–Crippen MR) is 123 cm³/mol. The summed E-state index contributed by atoms with van der Waals surface area (Å²) in [4.78, 5) is 40.2. The molecule has 2 rings (SSSR count). The highest BCUT2D eigenvalue weighted by molar-refractivity contribution is 5.90. The van der Waals surface area contributed by atoms with Crippen LogP contribution in [0, 0.1) is 28.6 Å². The molecule has 1 fully saturated rings. The summed E-state index contributed by atoms with van der Waals surface area (Å²) in [6.07, 6.45) is 1.55. The minimum atomic E-state index is -0.757. The van der Waals surface area contributed by atoms with Crippen LogP contribution in [0.5, 0.6) is 0 Å². The van der Waals surface area contributed by atoms with Gasteiger partial charge in [0.2, 0.25) is 11.8 Å². The van der Waals surface area contributed by atoms with Crippen LogP contribution in [0.15, 0.2) is 30.3 Å². The summed E-state index contributed by atoms with van der Waals surface area (Å²) < 4.78 is 0. The second-order valence-electron chi connectivity index (χ2n) is 10.1. The van der Waals surface area contributed by atoms with Crippen LogP contribution in [0.2, 0.25) is 0 Å². The van der Waals surface area contributed by atoms with Crippen LogP contribution in [0.1, 0.15) is 58.1 Å². The Morgan fingerprint density at radius 1 is 1.25 bits per heavy atom. The molecule has 2 N–H and O–H groups in total. The highest BCUT2D eigenvalue weighted by Gasteiger charge is 2.33. The SMILES string of the molecule is CN(C)[C@@H](C(=O)C[C@@H](CC(C)(C)C)C(=O)N[C@H](C#N)C[C@@H]1CCNC1=O)c1ccccc1. The van der Waals surface area contributed by atoms with Gasteiger partial charge in [0.1, 0.15) is 6.04 Å². The quantitative estimate of drug-likeness (QED) is 0.582. The van der Waals surface area contributed by atoms with Gasteiger partial charge in [-0.25, -0.2) is 0 Å². The number of ketones is 1. The summed E-state index contributed by atoms with van der Waals surface area (Å²) >= 11 is 0. The molecule has 1 aromatic carbocycles. The minimum Gasteiger partial charge on any atom is -0.356 e. The van der Waals surface area contributed by atoms with Gasteiger partial charge < -0.3 is 10.6 Å². The zero-order chi connectivity index (χ0) is 23.9. The van der Waals surface area contributed by atoms with Gasteiger partial charge in [-0.2, -0.15) is 5.26 Å². The van der Waals surface area contributed by atoms with Crippen molar-refractivity contribution in [2.75, 3.05) is 20.6 Å². The molecule has 174 valence electrons. The Labute approximate surface area is 191 Å². The van der Waals surface area contributed by atoms with Crippen molar-refractivity contribution in [1.82, 2.24) is 15.5 Å². The number of hydrogen-bond acceptors (Lipinski definition) is 5. The molecule has 4 atom stereocenters. The van der Waals surface area contributed by atoms with Crippen LogP contribution in [-0.2, 0) is 14.4 Å². The lowest BCUT2D eigenvalue weighted by Crippen LogP contribution is -2.42. The molecule has 7 nitrogen and oxygen atoms in total. The summed E-state index contributed by atoms with van der Waals surface area (Å²) in [6.45, 7) is 6.69. The lowest BCUT2D eigenvalue weighted by molar-refractivity contribution is -0.132. The molecule has 0 unspecified atom stereocenters. The molecule has 0 spiro atoms. The first-order chi connectivity index (χ1) is 15.0. The van der Waals surface area contributed by atoms with Crippen LogP contribution < -0.4 is 10.6 Å². The first-order valence-corrected chi connectivity index (χ1v) is 11.2. The van der Waals surface area contributed by atoms with E-state index in [1.54, 1.807) is 0 Å². The molecule has 0 bridgehead atoms. The van der Waals surface area contributed by atoms with E-state index in [0.717, 1.165) is 5.56 Å². The molecule has 2 amide bonds. The van der Waals surface area contributed by atoms with E-state index in [-0.39, 0.29) is 41.8 Å². The van der Waals surface area contributed by atoms with Crippen molar-refractivity contribution in [3.63, 3.8) is 0 Å². The van der Waals surface area contributed by atoms with Crippen LogP contribution in [0.3, 0.4) is 0 Å². The number of carbonyl (C=O) groups excluding carboxylic acids is 3. The average molecular weight is 441 g/mol. The topological polar surface area (TPSA) is 102 Å². The predicted octanol–water partition coefficient (Wildman–Crippen LogP) is 2.84. The molecule has 1 aliphatic heterocycles. The third kappa shape index (κ3) is 7.45. The van der Waals surface area contributed by atoms with Crippen LogP contribution in [0.25, 0.3) is 0 Å². The Balaban J connectivity index is 2.15. The van der Waals surface area contributed by atoms with Crippen LogP contribution >= 0.6 is 0 Å². The van der Waals surface area contributed by atoms with E-state index >= 15 is 0 Å². The monoisotopic (exact) mass is 440 g/mol. The Morgan fingerprint density at radius 2 is 1.91 bits per heavy atom. The lowest BCUT2D eigenvalue weighted by atomic mass is 9.80. The largest absolute Gasteiger partial charge is 0.356 e. The summed E-state index contributed by atoms with van der Waals surface area (Å²) in [7, 11) is 3.71. The lowest BCUT2D eigenvalue weighted by Gasteiger charge is -2.29. The minimum absolute atomic E-state index is 0.0331. The second kappa shape index (κ2) is 11.2. The maximum atomic E-state index is 13.3. The first-order valence-electron chi connectivity index (χ1n) is 11.2. The van der Waals surface area contributed by atoms with E-state index in [1.807, 2.05) is 70.1 Å². The molecule has 0 radical (unpaired) electrons. The van der Waals surface area contributed by atoms with E-state index in [2.05, 4.69) is 16.7 Å². The fourth-order valence-corrected chi connectivity index (χ4v) is 4.35. The summed E-state index contributed by atoms with van der Waals surface area (Å²) in [5, 5.41) is 15.1. The van der Waals surface area contributed by atoms with Gasteiger partial charge in [-0.1, -0.05) is 51.1 Å². The third-order valence-corrected chi connectivity index (χ3v) is 5.77. The van der Waals surface area contributed by atoms with Crippen molar-refractivity contribution in [3.05, 3.63) is 35.9 Å². The van der Waals surface area contributed by atoms with Crippen molar-refractivity contribution in [3.8, 4) is 6.07 Å². The maximum absolute atomic E-state index is 13.3. The Morgan fingerprint density at radius 3 is 2.41 bits per heavy atom. The molecule has 1 heterocycles. The van der Waals surface area contributed by atoms with E-state index in [9.17, 15) is 19.6 Å². The standard InChI is InChI=1S/C25H36N4O3/c1-25(2,3)15-19(14-21(30)22(29(4)5)17-9-7-6-8-10-17)24(32)28-20(16-26)13-18-11-12-27-23(18)31/h6-10,18-20,22H,11-15H2,1-5H3,(H,27,31)(H,28,32)/t18-,19-,20-,22+/m0/s1. The maximum Gasteiger partial charge on any atom is 0.224 e. The van der Waals surface area contributed by atoms with Crippen molar-refractivity contribution in [2.45, 2.75) is 58.5 Å². The number of nitrogens with zero attached hydrogens (tertiary/aromatic N) is 2. The van der Waals surface area contributed by atoms with Gasteiger partial charge in [0.25, 0.3) is 0 Å². The highest BCUT2D eigenvalue weighted by atomic mass is 16.2. The van der Waals surface area contributed by atoms with Gasteiger partial charge in [0, 0.05) is 24.8 Å². The van der Waals surface area contributed by atoms with Gasteiger partial charge >= 0.3 is 0 Å². The number of amides is 2. The summed E-state index contributed by atoms with van der Waals surface area (Å²) in [6, 6.07) is 10.4. The van der Waals surface area contributed by atoms with E-state index in [1.165, 1.54) is 0 Å². The fourth-order valence-electron chi connectivity index (χ4n) is 4.35. The number of carbonyl (C=O) groups is 3. The molecule has 32 heavy (non-hydrogen) atoms. The van der Waals surface area contributed by atoms with E-state index < -0.39 is 18.0 Å². The molecule has 7 heteroatoms. The average Bonchev–Trinajstić information content (AvgIpc) is 3.11. The number of hydrogen-bond donors (Lipinski definition) is 2. The number of nitrogens with one attached hydrogen (secondary N) is 2. The number of benzene rings is 1. The second-order valence-corrected chi connectivity index (χ2v) is 10.1. The van der Waals surface area contributed by atoms with Crippen molar-refractivity contribution in [2.24, 2.45) is 17.3 Å². The molecule has 1 aliphatic rings. The smallest absolute Gasteiger partial charge is 0.224 e. The number of nitriles is 1. The van der Waals surface area contributed by atoms with Gasteiger partial charge in [0.05, 0.1) is 12.1 Å². The summed E-state index contributed by atoms with van der Waals surface area (Å²) in [5.74, 6) is -1.23. The molecule has 0 aliphatic carbocycles. The Bertz CT molecular complexity index is 839. The zero-order valence-electron chi connectivity index (χ0n) is 19.9. The van der Waals surface area contributed by atoms with Gasteiger partial charge in [-0.3, -0.25) is 19.3 Å². The van der Waals surface area contributed by atoms with Crippen LogP contribution in [0.4, 0.5) is 0 Å². The summed E-state index contributed by atoms with van der Waals surface area (Å²) in [5.41, 5.74) is 0.718. The molecule has 1 aromatic rings. The number of rotatable bonds is 10. The number of likely N-dealkylation sites (N-methyl/N-ethyl adjacent to an activating group) is 1. The Kier molecular flexibility index (Phi) is 8.97. The van der Waals surface area contributed by atoms with Crippen LogP contribution in [-0.4, -0.2) is 49.2 Å². The fraction of sp³-hybridized carbons (Fsp3) is 0.600. The normalized spacial score (nSPS) is 19.0. The van der Waals surface area contributed by atoms with Crippen molar-refractivity contribution < 1.29 is 14.4 Å². The van der Waals surface area contributed by atoms with E-state index in [0.29, 0.717) is 19.4 Å². The van der Waals surface area contributed by atoms with Crippen molar-refractivity contribution >= 4 is 17.6 Å². The molecular formula is C25H36N4O3. The van der Waals surface area contributed by atoms with Gasteiger partial charge in [0.15, 0.2) is 5.78 Å². The van der Waals surface area contributed by atoms with Gasteiger partial charge in [-0.05, 0) is 44.3 Å². The molecular weight excluding hydrogens is 404 g/mol.